The Morgan fingerprint density at radius 2 is 1.91 bits per heavy atom. The van der Waals surface area contributed by atoms with Crippen molar-refractivity contribution in [3.05, 3.63) is 29.8 Å². The van der Waals surface area contributed by atoms with Gasteiger partial charge in [0.05, 0.1) is 0 Å². The molecule has 1 rings (SSSR count). The van der Waals surface area contributed by atoms with E-state index in [0.29, 0.717) is 0 Å². The van der Waals surface area contributed by atoms with Gasteiger partial charge in [0.1, 0.15) is 0 Å². The number of nitrogens with one attached hydrogen (secondary N) is 1. The van der Waals surface area contributed by atoms with Gasteiger partial charge in [-0.15, -0.1) is 0 Å². The van der Waals surface area contributed by atoms with E-state index in [0.717, 1.165) is 5.69 Å². The summed E-state index contributed by atoms with van der Waals surface area (Å²) in [4.78, 5) is 10.6. The molecule has 0 saturated heterocycles. The maximum atomic E-state index is 10.6. The van der Waals surface area contributed by atoms with Crippen molar-refractivity contribution >= 4 is 32.2 Å². The summed E-state index contributed by atoms with van der Waals surface area (Å²) in [6.07, 6.45) is 0. The number of amides is 1. The number of carbonyl (C=O) groups excluding carboxylic acids is 1. The van der Waals surface area contributed by atoms with E-state index in [4.69, 9.17) is 0 Å². The van der Waals surface area contributed by atoms with Gasteiger partial charge in [0.15, 0.2) is 0 Å². The lowest BCUT2D eigenvalue weighted by Crippen LogP contribution is -1.99. The molecule has 1 aromatic rings. The van der Waals surface area contributed by atoms with Gasteiger partial charge >= 0.3 is 0 Å². The highest BCUT2D eigenvalue weighted by Gasteiger charge is 1.93. The quantitative estimate of drug-likeness (QED) is 0.470. The number of benzene rings is 1. The first kappa shape index (κ1) is 8.52. The van der Waals surface area contributed by atoms with Gasteiger partial charge in [-0.05, 0) is 19.1 Å². The molecule has 0 aliphatic heterocycles. The SMILES string of the molecule is Cc1ccc(NC(=O)I)cc1. The van der Waals surface area contributed by atoms with Crippen molar-refractivity contribution in [3.63, 3.8) is 0 Å². The van der Waals surface area contributed by atoms with Crippen molar-refractivity contribution in [3.8, 4) is 0 Å². The maximum absolute atomic E-state index is 10.6. The molecule has 0 fully saturated rings. The minimum absolute atomic E-state index is 0.0635. The average molecular weight is 261 g/mol. The van der Waals surface area contributed by atoms with Crippen LogP contribution < -0.4 is 5.32 Å². The zero-order valence-corrected chi connectivity index (χ0v) is 8.25. The molecule has 58 valence electrons. The predicted octanol–water partition coefficient (Wildman–Crippen LogP) is 2.96. The van der Waals surface area contributed by atoms with E-state index in [1.165, 1.54) is 5.56 Å². The molecule has 0 radical (unpaired) electrons. The van der Waals surface area contributed by atoms with Gasteiger partial charge in [0, 0.05) is 28.3 Å². The highest BCUT2D eigenvalue weighted by Crippen LogP contribution is 2.09. The third kappa shape index (κ3) is 2.88. The lowest BCUT2D eigenvalue weighted by atomic mass is 10.2. The first-order valence-electron chi connectivity index (χ1n) is 3.21. The molecule has 1 aromatic carbocycles. The molecule has 0 aliphatic rings. The zero-order valence-electron chi connectivity index (χ0n) is 6.10. The number of anilines is 1. The number of hydrogen-bond acceptors (Lipinski definition) is 1. The standard InChI is InChI=1S/C8H8INO/c1-6-2-4-7(5-3-6)10-8(9)11/h2-5H,1H3,(H,10,11). The maximum Gasteiger partial charge on any atom is 0.284 e. The summed E-state index contributed by atoms with van der Waals surface area (Å²) in [5.41, 5.74) is 2.03. The highest BCUT2D eigenvalue weighted by atomic mass is 127. The first-order chi connectivity index (χ1) is 5.18. The van der Waals surface area contributed by atoms with Crippen LogP contribution in [0.1, 0.15) is 5.56 Å². The van der Waals surface area contributed by atoms with Gasteiger partial charge in [-0.25, -0.2) is 0 Å². The second-order valence-corrected chi connectivity index (χ2v) is 3.24. The first-order valence-corrected chi connectivity index (χ1v) is 4.29. The van der Waals surface area contributed by atoms with Crippen LogP contribution in [0, 0.1) is 6.92 Å². The van der Waals surface area contributed by atoms with E-state index < -0.39 is 0 Å². The van der Waals surface area contributed by atoms with Gasteiger partial charge in [0.25, 0.3) is 3.91 Å². The summed E-state index contributed by atoms with van der Waals surface area (Å²) in [6, 6.07) is 7.68. The molecule has 11 heavy (non-hydrogen) atoms. The molecule has 0 saturated carbocycles. The van der Waals surface area contributed by atoms with Crippen LogP contribution in [-0.2, 0) is 0 Å². The summed E-state index contributed by atoms with van der Waals surface area (Å²) in [7, 11) is 0. The molecule has 1 amide bonds. The Bertz CT molecular complexity index is 255. The minimum atomic E-state index is -0.0635. The van der Waals surface area contributed by atoms with E-state index in [1.807, 2.05) is 31.2 Å². The van der Waals surface area contributed by atoms with Gasteiger partial charge in [0.2, 0.25) is 0 Å². The highest BCUT2D eigenvalue weighted by molar-refractivity contribution is 14.1. The molecule has 0 unspecified atom stereocenters. The van der Waals surface area contributed by atoms with Crippen LogP contribution in [0.15, 0.2) is 24.3 Å². The summed E-state index contributed by atoms with van der Waals surface area (Å²) in [5.74, 6) is 0. The van der Waals surface area contributed by atoms with Crippen LogP contribution in [0.3, 0.4) is 0 Å². The lowest BCUT2D eigenvalue weighted by Gasteiger charge is -1.99. The monoisotopic (exact) mass is 261 g/mol. The summed E-state index contributed by atoms with van der Waals surface area (Å²) in [5, 5.41) is 2.68. The number of hydrogen-bond donors (Lipinski definition) is 1. The Hall–Kier alpha value is -0.580. The molecule has 0 heterocycles. The summed E-state index contributed by atoms with van der Waals surface area (Å²) >= 11 is 1.70. The van der Waals surface area contributed by atoms with E-state index in [2.05, 4.69) is 5.32 Å². The number of halogens is 1. The minimum Gasteiger partial charge on any atom is -0.317 e. The normalized spacial score (nSPS) is 9.27. The Labute approximate surface area is 79.1 Å². The number of carbonyl (C=O) groups is 1. The Balaban J connectivity index is 2.74. The van der Waals surface area contributed by atoms with Crippen molar-refractivity contribution in [2.75, 3.05) is 5.32 Å². The molecular weight excluding hydrogens is 253 g/mol. The van der Waals surface area contributed by atoms with Gasteiger partial charge in [-0.2, -0.15) is 0 Å². The van der Waals surface area contributed by atoms with E-state index >= 15 is 0 Å². The van der Waals surface area contributed by atoms with Crippen molar-refractivity contribution in [2.45, 2.75) is 6.92 Å². The number of aryl methyl sites for hydroxylation is 1. The summed E-state index contributed by atoms with van der Waals surface area (Å²) < 4.78 is -0.0635. The fourth-order valence-electron chi connectivity index (χ4n) is 0.750. The van der Waals surface area contributed by atoms with Gasteiger partial charge in [-0.3, -0.25) is 4.79 Å². The van der Waals surface area contributed by atoms with E-state index in [-0.39, 0.29) is 3.91 Å². The molecule has 0 spiro atoms. The molecule has 2 nitrogen and oxygen atoms in total. The third-order valence-corrected chi connectivity index (χ3v) is 1.56. The van der Waals surface area contributed by atoms with Crippen LogP contribution in [0.25, 0.3) is 0 Å². The molecule has 3 heteroatoms. The molecule has 0 aromatic heterocycles. The molecule has 1 N–H and O–H groups in total. The van der Waals surface area contributed by atoms with Crippen molar-refractivity contribution in [1.82, 2.24) is 0 Å². The van der Waals surface area contributed by atoms with Gasteiger partial charge < -0.3 is 5.32 Å². The fourth-order valence-corrected chi connectivity index (χ4v) is 1.06. The van der Waals surface area contributed by atoms with Crippen LogP contribution in [0.2, 0.25) is 0 Å². The molecule has 0 aliphatic carbocycles. The number of rotatable bonds is 1. The second kappa shape index (κ2) is 3.71. The second-order valence-electron chi connectivity index (χ2n) is 2.26. The fraction of sp³-hybridized carbons (Fsp3) is 0.125. The van der Waals surface area contributed by atoms with Crippen LogP contribution >= 0.6 is 22.6 Å². The molecular formula is C8H8INO. The van der Waals surface area contributed by atoms with E-state index in [9.17, 15) is 4.79 Å². The molecule has 0 atom stereocenters. The van der Waals surface area contributed by atoms with Crippen molar-refractivity contribution < 1.29 is 4.79 Å². The Kier molecular flexibility index (Phi) is 2.87. The average Bonchev–Trinajstić information content (AvgIpc) is 1.93. The Morgan fingerprint density at radius 3 is 2.36 bits per heavy atom. The van der Waals surface area contributed by atoms with Gasteiger partial charge in [-0.1, -0.05) is 17.7 Å². The van der Waals surface area contributed by atoms with Crippen LogP contribution in [-0.4, -0.2) is 3.91 Å². The third-order valence-electron chi connectivity index (χ3n) is 1.29. The zero-order chi connectivity index (χ0) is 8.27. The van der Waals surface area contributed by atoms with Crippen LogP contribution in [0.4, 0.5) is 10.5 Å². The summed E-state index contributed by atoms with van der Waals surface area (Å²) in [6.45, 7) is 2.01. The van der Waals surface area contributed by atoms with E-state index in [1.54, 1.807) is 22.6 Å². The topological polar surface area (TPSA) is 29.1 Å². The molecule has 0 bridgehead atoms. The van der Waals surface area contributed by atoms with Crippen molar-refractivity contribution in [2.24, 2.45) is 0 Å². The van der Waals surface area contributed by atoms with Crippen molar-refractivity contribution in [1.29, 1.82) is 0 Å². The largest absolute Gasteiger partial charge is 0.317 e. The lowest BCUT2D eigenvalue weighted by molar-refractivity contribution is 0.272. The predicted molar refractivity (Wildman–Crippen MR) is 54.2 cm³/mol. The van der Waals surface area contributed by atoms with Crippen LogP contribution in [0.5, 0.6) is 0 Å². The smallest absolute Gasteiger partial charge is 0.284 e. The Morgan fingerprint density at radius 1 is 1.36 bits per heavy atom.